The smallest absolute Gasteiger partial charge is 0.316 e. The molecule has 2 atom stereocenters. The molecule has 0 aliphatic rings. The molecule has 1 aromatic carbocycles. The van der Waals surface area contributed by atoms with Crippen molar-refractivity contribution >= 4 is 11.9 Å². The maximum atomic E-state index is 12.4. The summed E-state index contributed by atoms with van der Waals surface area (Å²) in [5.41, 5.74) is 2.17. The van der Waals surface area contributed by atoms with Gasteiger partial charge in [-0.1, -0.05) is 52.0 Å². The molecule has 0 heterocycles. The predicted octanol–water partition coefficient (Wildman–Crippen LogP) is 5.00. The predicted molar refractivity (Wildman–Crippen MR) is 99.2 cm³/mol. The zero-order chi connectivity index (χ0) is 18.8. The van der Waals surface area contributed by atoms with Crippen molar-refractivity contribution in [2.24, 2.45) is 5.92 Å². The minimum absolute atomic E-state index is 0.320. The fourth-order valence-corrected chi connectivity index (χ4v) is 2.57. The van der Waals surface area contributed by atoms with Crippen molar-refractivity contribution in [1.82, 2.24) is 0 Å². The van der Waals surface area contributed by atoms with Gasteiger partial charge in [0, 0.05) is 12.8 Å². The number of benzene rings is 1. The molecule has 0 radical (unpaired) electrons. The Hall–Kier alpha value is -1.84. The highest BCUT2D eigenvalue weighted by atomic mass is 16.7. The molecule has 0 fully saturated rings. The standard InChI is InChI=1S/C21H32O4/c1-6-8-19(22)24-20(9-7-2)25-21(23)16(5)18-12-10-17(11-13-18)14-15(3)4/h10-13,15-16,20H,6-9,14H2,1-5H3/t16-,20?/m1/s1. The largest absolute Gasteiger partial charge is 0.425 e. The average Bonchev–Trinajstić information content (AvgIpc) is 2.54. The minimum Gasteiger partial charge on any atom is -0.425 e. The van der Waals surface area contributed by atoms with Gasteiger partial charge in [-0.25, -0.2) is 0 Å². The molecule has 25 heavy (non-hydrogen) atoms. The zero-order valence-electron chi connectivity index (χ0n) is 16.2. The van der Waals surface area contributed by atoms with E-state index in [0.29, 0.717) is 25.2 Å². The summed E-state index contributed by atoms with van der Waals surface area (Å²) < 4.78 is 10.7. The third-order valence-corrected chi connectivity index (χ3v) is 3.97. The van der Waals surface area contributed by atoms with Crippen molar-refractivity contribution in [3.8, 4) is 0 Å². The average molecular weight is 348 g/mol. The molecule has 0 amide bonds. The molecule has 0 spiro atoms. The quantitative estimate of drug-likeness (QED) is 0.441. The highest BCUT2D eigenvalue weighted by Gasteiger charge is 2.23. The molecule has 0 N–H and O–H groups in total. The molecule has 1 rings (SSSR count). The maximum absolute atomic E-state index is 12.4. The Morgan fingerprint density at radius 2 is 1.60 bits per heavy atom. The fourth-order valence-electron chi connectivity index (χ4n) is 2.57. The summed E-state index contributed by atoms with van der Waals surface area (Å²) in [6.45, 7) is 10.1. The number of carbonyl (C=O) groups excluding carboxylic acids is 2. The Balaban J connectivity index is 2.67. The first kappa shape index (κ1) is 21.2. The lowest BCUT2D eigenvalue weighted by atomic mass is 9.97. The SMILES string of the molecule is CCCC(=O)OC(CCC)OC(=O)[C@H](C)c1ccc(CC(C)C)cc1. The highest BCUT2D eigenvalue weighted by molar-refractivity contribution is 5.78. The summed E-state index contributed by atoms with van der Waals surface area (Å²) >= 11 is 0. The molecule has 0 aromatic heterocycles. The van der Waals surface area contributed by atoms with Crippen molar-refractivity contribution in [3.63, 3.8) is 0 Å². The molecule has 0 bridgehead atoms. The van der Waals surface area contributed by atoms with Gasteiger partial charge in [-0.05, 0) is 43.2 Å². The lowest BCUT2D eigenvalue weighted by Crippen LogP contribution is -2.26. The monoisotopic (exact) mass is 348 g/mol. The van der Waals surface area contributed by atoms with Gasteiger partial charge in [-0.3, -0.25) is 9.59 Å². The normalized spacial score (nSPS) is 13.4. The van der Waals surface area contributed by atoms with Gasteiger partial charge in [-0.2, -0.15) is 0 Å². The Labute approximate surface area is 151 Å². The molecule has 0 aliphatic carbocycles. The maximum Gasteiger partial charge on any atom is 0.316 e. The summed E-state index contributed by atoms with van der Waals surface area (Å²) in [4.78, 5) is 24.1. The molecule has 1 unspecified atom stereocenters. The van der Waals surface area contributed by atoms with E-state index in [2.05, 4.69) is 26.0 Å². The van der Waals surface area contributed by atoms with Crippen LogP contribution < -0.4 is 0 Å². The van der Waals surface area contributed by atoms with Crippen LogP contribution in [-0.2, 0) is 25.5 Å². The van der Waals surface area contributed by atoms with Gasteiger partial charge < -0.3 is 9.47 Å². The van der Waals surface area contributed by atoms with Gasteiger partial charge >= 0.3 is 11.9 Å². The van der Waals surface area contributed by atoms with Crippen molar-refractivity contribution in [1.29, 1.82) is 0 Å². The summed E-state index contributed by atoms with van der Waals surface area (Å²) in [5, 5.41) is 0. The fraction of sp³-hybridized carbons (Fsp3) is 0.619. The molecule has 1 aromatic rings. The van der Waals surface area contributed by atoms with Crippen LogP contribution in [0.1, 0.15) is 77.3 Å². The van der Waals surface area contributed by atoms with Crippen molar-refractivity contribution in [2.75, 3.05) is 0 Å². The number of carbonyl (C=O) groups is 2. The zero-order valence-corrected chi connectivity index (χ0v) is 16.2. The third-order valence-electron chi connectivity index (χ3n) is 3.97. The Kier molecular flexibility index (Phi) is 9.25. The number of esters is 2. The van der Waals surface area contributed by atoms with Crippen molar-refractivity contribution in [2.45, 2.75) is 78.9 Å². The topological polar surface area (TPSA) is 52.6 Å². The van der Waals surface area contributed by atoms with Gasteiger partial charge in [0.05, 0.1) is 5.92 Å². The number of rotatable bonds is 10. The van der Waals surface area contributed by atoms with Crippen LogP contribution in [0.15, 0.2) is 24.3 Å². The van der Waals surface area contributed by atoms with E-state index in [1.165, 1.54) is 5.56 Å². The molecule has 140 valence electrons. The number of ether oxygens (including phenoxy) is 2. The molecular weight excluding hydrogens is 316 g/mol. The van der Waals surface area contributed by atoms with Crippen LogP contribution in [0.3, 0.4) is 0 Å². The van der Waals surface area contributed by atoms with Crippen LogP contribution in [0.25, 0.3) is 0 Å². The van der Waals surface area contributed by atoms with E-state index < -0.39 is 12.2 Å². The molecule has 0 aliphatic heterocycles. The van der Waals surface area contributed by atoms with Gasteiger partial charge in [0.25, 0.3) is 0 Å². The summed E-state index contributed by atoms with van der Waals surface area (Å²) in [7, 11) is 0. The van der Waals surface area contributed by atoms with E-state index in [1.807, 2.05) is 32.9 Å². The first-order chi connectivity index (χ1) is 11.9. The summed E-state index contributed by atoms with van der Waals surface area (Å²) in [5.74, 6) is -0.475. The third kappa shape index (κ3) is 7.72. The Morgan fingerprint density at radius 1 is 0.960 bits per heavy atom. The van der Waals surface area contributed by atoms with E-state index in [4.69, 9.17) is 9.47 Å². The molecule has 0 saturated heterocycles. The van der Waals surface area contributed by atoms with Gasteiger partial charge in [0.2, 0.25) is 6.29 Å². The van der Waals surface area contributed by atoms with Crippen molar-refractivity contribution in [3.05, 3.63) is 35.4 Å². The highest BCUT2D eigenvalue weighted by Crippen LogP contribution is 2.20. The molecule has 0 saturated carbocycles. The lowest BCUT2D eigenvalue weighted by molar-refractivity contribution is -0.189. The first-order valence-electron chi connectivity index (χ1n) is 9.36. The second kappa shape index (κ2) is 10.9. The van der Waals surface area contributed by atoms with Crippen LogP contribution in [0.2, 0.25) is 0 Å². The molecule has 4 heteroatoms. The van der Waals surface area contributed by atoms with Gasteiger partial charge in [-0.15, -0.1) is 0 Å². The Bertz CT molecular complexity index is 533. The van der Waals surface area contributed by atoms with E-state index in [0.717, 1.165) is 18.4 Å². The van der Waals surface area contributed by atoms with Crippen LogP contribution in [0, 0.1) is 5.92 Å². The minimum atomic E-state index is -0.792. The summed E-state index contributed by atoms with van der Waals surface area (Å²) in [6, 6.07) is 8.07. The molecule has 4 nitrogen and oxygen atoms in total. The number of hydrogen-bond acceptors (Lipinski definition) is 4. The summed E-state index contributed by atoms with van der Waals surface area (Å²) in [6.07, 6.45) is 2.57. The van der Waals surface area contributed by atoms with Gasteiger partial charge in [0.1, 0.15) is 0 Å². The van der Waals surface area contributed by atoms with Crippen molar-refractivity contribution < 1.29 is 19.1 Å². The van der Waals surface area contributed by atoms with E-state index in [-0.39, 0.29) is 11.9 Å². The lowest BCUT2D eigenvalue weighted by Gasteiger charge is -2.20. The van der Waals surface area contributed by atoms with Crippen LogP contribution in [0.5, 0.6) is 0 Å². The van der Waals surface area contributed by atoms with Crippen LogP contribution >= 0.6 is 0 Å². The van der Waals surface area contributed by atoms with Crippen LogP contribution in [0.4, 0.5) is 0 Å². The van der Waals surface area contributed by atoms with Gasteiger partial charge in [0.15, 0.2) is 0 Å². The van der Waals surface area contributed by atoms with E-state index >= 15 is 0 Å². The molecular formula is C21H32O4. The number of hydrogen-bond donors (Lipinski definition) is 0. The van der Waals surface area contributed by atoms with E-state index in [9.17, 15) is 9.59 Å². The van der Waals surface area contributed by atoms with Crippen LogP contribution in [-0.4, -0.2) is 18.2 Å². The van der Waals surface area contributed by atoms with E-state index in [1.54, 1.807) is 0 Å². The Morgan fingerprint density at radius 3 is 2.12 bits per heavy atom. The first-order valence-corrected chi connectivity index (χ1v) is 9.36. The second-order valence-electron chi connectivity index (χ2n) is 6.96. The second-order valence-corrected chi connectivity index (χ2v) is 6.96.